The fraction of sp³-hybridized carbons (Fsp3) is 0.357. The number of nitrogens with zero attached hydrogens (tertiary/aromatic N) is 1. The van der Waals surface area contributed by atoms with E-state index in [4.69, 9.17) is 14.2 Å². The van der Waals surface area contributed by atoms with Crippen molar-refractivity contribution in [2.24, 2.45) is 0 Å². The summed E-state index contributed by atoms with van der Waals surface area (Å²) >= 11 is 1.76. The summed E-state index contributed by atoms with van der Waals surface area (Å²) in [5.74, 6) is 2.63. The van der Waals surface area contributed by atoms with Crippen molar-refractivity contribution in [1.82, 2.24) is 4.90 Å². The van der Waals surface area contributed by atoms with Gasteiger partial charge < -0.3 is 19.3 Å². The topological polar surface area (TPSA) is 51.2 Å². The van der Waals surface area contributed by atoms with E-state index in [2.05, 4.69) is 29.2 Å². The number of benzene rings is 3. The number of ether oxygens (including phenoxy) is 3. The van der Waals surface area contributed by atoms with E-state index in [0.717, 1.165) is 34.1 Å². The Kier molecular flexibility index (Phi) is 7.16. The minimum atomic E-state index is -0.199. The largest absolute Gasteiger partial charge is 0.508 e. The Bertz CT molecular complexity index is 1080. The van der Waals surface area contributed by atoms with Gasteiger partial charge in [0.15, 0.2) is 0 Å². The van der Waals surface area contributed by atoms with E-state index >= 15 is 0 Å². The van der Waals surface area contributed by atoms with Crippen molar-refractivity contribution in [3.05, 3.63) is 77.9 Å². The number of piperidine rings is 1. The summed E-state index contributed by atoms with van der Waals surface area (Å²) in [6, 6.07) is 21.7. The first kappa shape index (κ1) is 22.9. The van der Waals surface area contributed by atoms with E-state index in [1.54, 1.807) is 31.0 Å². The van der Waals surface area contributed by atoms with Gasteiger partial charge in [0.25, 0.3) is 0 Å². The second kappa shape index (κ2) is 10.6. The molecule has 0 saturated carbocycles. The van der Waals surface area contributed by atoms with Crippen LogP contribution in [0, 0.1) is 0 Å². The number of phenolic OH excluding ortho intramolecular Hbond substituents is 1. The van der Waals surface area contributed by atoms with Gasteiger partial charge >= 0.3 is 0 Å². The van der Waals surface area contributed by atoms with Gasteiger partial charge in [0.1, 0.15) is 35.7 Å². The van der Waals surface area contributed by atoms with Crippen LogP contribution in [-0.2, 0) is 0 Å². The van der Waals surface area contributed by atoms with Crippen LogP contribution >= 0.6 is 11.8 Å². The minimum absolute atomic E-state index is 0.0637. The summed E-state index contributed by atoms with van der Waals surface area (Å²) in [5, 5.41) is 10.0. The van der Waals surface area contributed by atoms with Gasteiger partial charge in [-0.15, -0.1) is 11.8 Å². The minimum Gasteiger partial charge on any atom is -0.508 e. The Labute approximate surface area is 205 Å². The first-order chi connectivity index (χ1) is 16.7. The average molecular weight is 478 g/mol. The zero-order chi connectivity index (χ0) is 23.3. The number of thioether (sulfide) groups is 1. The molecule has 5 nitrogen and oxygen atoms in total. The maximum Gasteiger partial charge on any atom is 0.140 e. The number of hydrogen-bond donors (Lipinski definition) is 1. The Balaban J connectivity index is 1.33. The molecule has 2 aliphatic heterocycles. The lowest BCUT2D eigenvalue weighted by Gasteiger charge is -2.34. The molecule has 3 aromatic carbocycles. The predicted octanol–water partition coefficient (Wildman–Crippen LogP) is 6.23. The van der Waals surface area contributed by atoms with Gasteiger partial charge in [-0.05, 0) is 73.5 Å². The molecule has 2 heterocycles. The fourth-order valence-electron chi connectivity index (χ4n) is 4.59. The van der Waals surface area contributed by atoms with Gasteiger partial charge in [-0.25, -0.2) is 0 Å². The molecule has 0 bridgehead atoms. The van der Waals surface area contributed by atoms with E-state index in [-0.39, 0.29) is 17.1 Å². The molecule has 0 amide bonds. The highest BCUT2D eigenvalue weighted by Gasteiger charge is 2.33. The van der Waals surface area contributed by atoms with Crippen molar-refractivity contribution in [3.8, 4) is 23.0 Å². The zero-order valence-electron chi connectivity index (χ0n) is 19.5. The third kappa shape index (κ3) is 5.29. The first-order valence-corrected chi connectivity index (χ1v) is 12.8. The van der Waals surface area contributed by atoms with Crippen LogP contribution in [0.15, 0.2) is 71.6 Å². The number of methoxy groups -OCH3 is 1. The quantitative estimate of drug-likeness (QED) is 0.435. The molecule has 5 rings (SSSR count). The second-order valence-electron chi connectivity index (χ2n) is 8.80. The molecule has 3 aromatic rings. The summed E-state index contributed by atoms with van der Waals surface area (Å²) in [6.45, 7) is 4.05. The van der Waals surface area contributed by atoms with Crippen LogP contribution < -0.4 is 14.2 Å². The van der Waals surface area contributed by atoms with Crippen LogP contribution in [0.3, 0.4) is 0 Å². The maximum atomic E-state index is 9.98. The number of likely N-dealkylation sites (tertiary alicyclic amines) is 1. The summed E-state index contributed by atoms with van der Waals surface area (Å²) in [5.41, 5.74) is 2.24. The highest BCUT2D eigenvalue weighted by molar-refractivity contribution is 7.99. The summed E-state index contributed by atoms with van der Waals surface area (Å²) < 4.78 is 17.8. The molecule has 6 heteroatoms. The third-order valence-corrected chi connectivity index (χ3v) is 7.85. The first-order valence-electron chi connectivity index (χ1n) is 11.9. The van der Waals surface area contributed by atoms with Crippen LogP contribution in [0.5, 0.6) is 23.0 Å². The summed E-state index contributed by atoms with van der Waals surface area (Å²) in [6.07, 6.45) is 3.74. The van der Waals surface area contributed by atoms with E-state index < -0.39 is 0 Å². The third-order valence-electron chi connectivity index (χ3n) is 6.49. The standard InChI is InChI=1S/C28H31NO4S/c1-31-23-10-7-21(8-11-23)28-27(33-25-19-22(30)9-14-26(25)34-28)20-5-12-24(13-6-20)32-18-17-29-15-3-2-4-16-29/h5-14,19,27-28,30H,2-4,15-18H2,1H3/t27-,28+/m1/s1. The molecule has 2 atom stereocenters. The molecule has 1 N–H and O–H groups in total. The number of fused-ring (bicyclic) bond motifs is 1. The molecule has 0 aliphatic carbocycles. The molecule has 0 unspecified atom stereocenters. The van der Waals surface area contributed by atoms with Crippen LogP contribution in [0.25, 0.3) is 0 Å². The number of rotatable bonds is 7. The predicted molar refractivity (Wildman–Crippen MR) is 135 cm³/mol. The lowest BCUT2D eigenvalue weighted by molar-refractivity contribution is 0.182. The van der Waals surface area contributed by atoms with Crippen molar-refractivity contribution >= 4 is 11.8 Å². The number of aromatic hydroxyl groups is 1. The Morgan fingerprint density at radius 3 is 2.35 bits per heavy atom. The molecule has 1 fully saturated rings. The van der Waals surface area contributed by atoms with Gasteiger partial charge in [-0.2, -0.15) is 0 Å². The molecule has 34 heavy (non-hydrogen) atoms. The van der Waals surface area contributed by atoms with Crippen molar-refractivity contribution in [2.75, 3.05) is 33.4 Å². The molecule has 0 spiro atoms. The molecule has 0 radical (unpaired) electrons. The van der Waals surface area contributed by atoms with Crippen molar-refractivity contribution < 1.29 is 19.3 Å². The molecule has 2 aliphatic rings. The summed E-state index contributed by atoms with van der Waals surface area (Å²) in [4.78, 5) is 3.50. The Morgan fingerprint density at radius 1 is 0.912 bits per heavy atom. The smallest absolute Gasteiger partial charge is 0.140 e. The highest BCUT2D eigenvalue weighted by Crippen LogP contribution is 2.54. The fourth-order valence-corrected chi connectivity index (χ4v) is 5.86. The number of hydrogen-bond acceptors (Lipinski definition) is 6. The van der Waals surface area contributed by atoms with Gasteiger partial charge in [-0.3, -0.25) is 4.90 Å². The van der Waals surface area contributed by atoms with Crippen LogP contribution in [0.1, 0.15) is 41.7 Å². The molecule has 1 saturated heterocycles. The lowest BCUT2D eigenvalue weighted by Crippen LogP contribution is -2.33. The van der Waals surface area contributed by atoms with Crippen LogP contribution in [-0.4, -0.2) is 43.4 Å². The number of phenols is 1. The van der Waals surface area contributed by atoms with Crippen LogP contribution in [0.2, 0.25) is 0 Å². The summed E-state index contributed by atoms with van der Waals surface area (Å²) in [7, 11) is 1.68. The molecular weight excluding hydrogens is 446 g/mol. The van der Waals surface area contributed by atoms with Crippen molar-refractivity contribution in [1.29, 1.82) is 0 Å². The average Bonchev–Trinajstić information content (AvgIpc) is 2.89. The SMILES string of the molecule is COc1ccc([C@@H]2Sc3ccc(O)cc3O[C@@H]2c2ccc(OCCN3CCCCC3)cc2)cc1. The zero-order valence-corrected chi connectivity index (χ0v) is 20.3. The van der Waals surface area contributed by atoms with Crippen LogP contribution in [0.4, 0.5) is 0 Å². The monoisotopic (exact) mass is 477 g/mol. The maximum absolute atomic E-state index is 9.98. The van der Waals surface area contributed by atoms with E-state index in [1.165, 1.54) is 32.4 Å². The second-order valence-corrected chi connectivity index (χ2v) is 9.98. The van der Waals surface area contributed by atoms with Gasteiger partial charge in [-0.1, -0.05) is 30.7 Å². The molecule has 0 aromatic heterocycles. The lowest BCUT2D eigenvalue weighted by atomic mass is 10.00. The van der Waals surface area contributed by atoms with Crippen molar-refractivity contribution in [3.63, 3.8) is 0 Å². The van der Waals surface area contributed by atoms with E-state index in [1.807, 2.05) is 30.3 Å². The van der Waals surface area contributed by atoms with E-state index in [9.17, 15) is 5.11 Å². The molecule has 178 valence electrons. The van der Waals surface area contributed by atoms with Gasteiger partial charge in [0.05, 0.1) is 17.3 Å². The Morgan fingerprint density at radius 2 is 1.62 bits per heavy atom. The van der Waals surface area contributed by atoms with E-state index in [0.29, 0.717) is 12.4 Å². The normalized spacial score (nSPS) is 20.3. The van der Waals surface area contributed by atoms with Crippen molar-refractivity contribution in [2.45, 2.75) is 35.5 Å². The Hall–Kier alpha value is -2.83. The highest BCUT2D eigenvalue weighted by atomic mass is 32.2. The molecular formula is C28H31NO4S. The van der Waals surface area contributed by atoms with Gasteiger partial charge in [0, 0.05) is 12.6 Å². The van der Waals surface area contributed by atoms with Gasteiger partial charge in [0.2, 0.25) is 0 Å².